The summed E-state index contributed by atoms with van der Waals surface area (Å²) in [5.41, 5.74) is -1.01. The number of carbonyl (C=O) groups is 1. The van der Waals surface area contributed by atoms with E-state index in [2.05, 4.69) is 0 Å². The van der Waals surface area contributed by atoms with Crippen LogP contribution in [0.5, 0.6) is 0 Å². The Kier molecular flexibility index (Phi) is 7.74. The maximum Gasteiger partial charge on any atom is 0.255 e. The Morgan fingerprint density at radius 1 is 1.00 bits per heavy atom. The Labute approximate surface area is 169 Å². The minimum absolute atomic E-state index is 0.855. The van der Waals surface area contributed by atoms with E-state index < -0.39 is 92.2 Å². The average molecular weight is 445 g/mol. The summed E-state index contributed by atoms with van der Waals surface area (Å²) in [5.74, 6) is -1.66. The van der Waals surface area contributed by atoms with Crippen LogP contribution in [0.15, 0.2) is 0 Å². The van der Waals surface area contributed by atoms with Gasteiger partial charge in [-0.15, -0.1) is 0 Å². The molecule has 0 aromatic rings. The molecule has 2 heterocycles. The van der Waals surface area contributed by atoms with Gasteiger partial charge >= 0.3 is 0 Å². The van der Waals surface area contributed by atoms with Crippen molar-refractivity contribution in [2.75, 3.05) is 19.8 Å². The van der Waals surface area contributed by atoms with Gasteiger partial charge in [0, 0.05) is 0 Å². The molecule has 15 heteroatoms. The van der Waals surface area contributed by atoms with E-state index in [1.54, 1.807) is 0 Å². The zero-order valence-electron chi connectivity index (χ0n) is 15.5. The Hall–Kier alpha value is -1.05. The summed E-state index contributed by atoms with van der Waals surface area (Å²) in [6.07, 6.45) is -17.8. The van der Waals surface area contributed by atoms with Crippen LogP contribution < -0.4 is 5.73 Å². The van der Waals surface area contributed by atoms with Crippen molar-refractivity contribution in [2.24, 2.45) is 5.73 Å². The molecule has 176 valence electrons. The summed E-state index contributed by atoms with van der Waals surface area (Å²) in [5, 5.41) is 99.3. The van der Waals surface area contributed by atoms with Crippen molar-refractivity contribution in [1.82, 2.24) is 0 Å². The fraction of sp³-hybridized carbons (Fsp3) is 0.933. The minimum atomic E-state index is -3.17. The van der Waals surface area contributed by atoms with E-state index in [-0.39, 0.29) is 0 Å². The quantitative estimate of drug-likeness (QED) is 0.174. The van der Waals surface area contributed by atoms with Gasteiger partial charge in [0.15, 0.2) is 23.8 Å². The summed E-state index contributed by atoms with van der Waals surface area (Å²) in [6, 6.07) is 0. The van der Waals surface area contributed by atoms with Crippen molar-refractivity contribution in [3.63, 3.8) is 0 Å². The van der Waals surface area contributed by atoms with Crippen LogP contribution in [0.2, 0.25) is 0 Å². The van der Waals surface area contributed by atoms with Crippen LogP contribution in [0, 0.1) is 0 Å². The highest BCUT2D eigenvalue weighted by Gasteiger charge is 2.67. The predicted molar refractivity (Wildman–Crippen MR) is 88.8 cm³/mol. The highest BCUT2D eigenvalue weighted by molar-refractivity contribution is 5.85. The molecule has 0 aliphatic carbocycles. The molecule has 15 nitrogen and oxygen atoms in total. The van der Waals surface area contributed by atoms with E-state index in [1.165, 1.54) is 0 Å². The first-order valence-electron chi connectivity index (χ1n) is 8.83. The largest absolute Gasteiger partial charge is 0.394 e. The Balaban J connectivity index is 2.41. The first-order chi connectivity index (χ1) is 13.9. The highest BCUT2D eigenvalue weighted by Crippen LogP contribution is 2.39. The molecule has 1 amide bonds. The van der Waals surface area contributed by atoms with Crippen LogP contribution in [0.25, 0.3) is 0 Å². The normalized spacial score (nSPS) is 46.9. The van der Waals surface area contributed by atoms with Crippen LogP contribution in [0.4, 0.5) is 0 Å². The molecule has 1 unspecified atom stereocenters. The Bertz CT molecular complexity index is 608. The number of hydrogen-bond donors (Lipinski definition) is 11. The van der Waals surface area contributed by atoms with Crippen molar-refractivity contribution in [3.05, 3.63) is 0 Å². The second kappa shape index (κ2) is 9.21. The number of rotatable bonds is 7. The van der Waals surface area contributed by atoms with Gasteiger partial charge in [-0.3, -0.25) is 4.79 Å². The molecule has 12 N–H and O–H groups in total. The fourth-order valence-corrected chi connectivity index (χ4v) is 3.49. The van der Waals surface area contributed by atoms with E-state index in [9.17, 15) is 55.9 Å². The zero-order chi connectivity index (χ0) is 23.0. The smallest absolute Gasteiger partial charge is 0.255 e. The third-order valence-corrected chi connectivity index (χ3v) is 5.46. The molecule has 0 saturated carbocycles. The molecule has 0 spiro atoms. The van der Waals surface area contributed by atoms with Crippen LogP contribution >= 0.6 is 0 Å². The van der Waals surface area contributed by atoms with Crippen molar-refractivity contribution < 1.29 is 70.1 Å². The van der Waals surface area contributed by atoms with Gasteiger partial charge < -0.3 is 71.0 Å². The van der Waals surface area contributed by atoms with Gasteiger partial charge in [-0.1, -0.05) is 0 Å². The molecular weight excluding hydrogens is 418 g/mol. The summed E-state index contributed by atoms with van der Waals surface area (Å²) in [6.45, 7) is -3.74. The number of nitrogens with two attached hydrogens (primary N) is 1. The maximum atomic E-state index is 11.7. The van der Waals surface area contributed by atoms with Gasteiger partial charge in [0.1, 0.15) is 42.7 Å². The SMILES string of the molecule is NC(=O)C(O)(CO)[C@]1(CO)O[C@H](O[C@H]2[C@H](O)[C@@H](O)[C@H](O)O[C@@H]2CO)[C@H](O)[C@@H](O)[C@H]1O. The van der Waals surface area contributed by atoms with Gasteiger partial charge in [-0.2, -0.15) is 0 Å². The van der Waals surface area contributed by atoms with Gasteiger partial charge in [0.2, 0.25) is 0 Å². The number of aliphatic hydroxyl groups is 10. The lowest BCUT2D eigenvalue weighted by Gasteiger charge is -2.53. The number of ether oxygens (including phenoxy) is 3. The number of primary amides is 1. The summed E-state index contributed by atoms with van der Waals surface area (Å²) in [7, 11) is 0. The molecule has 2 rings (SSSR count). The average Bonchev–Trinajstić information content (AvgIpc) is 2.73. The topological polar surface area (TPSA) is 273 Å². The van der Waals surface area contributed by atoms with E-state index in [1.807, 2.05) is 0 Å². The summed E-state index contributed by atoms with van der Waals surface area (Å²) in [4.78, 5) is 11.7. The molecule has 11 atom stereocenters. The summed E-state index contributed by atoms with van der Waals surface area (Å²) < 4.78 is 15.3. The fourth-order valence-electron chi connectivity index (χ4n) is 3.49. The van der Waals surface area contributed by atoms with Gasteiger partial charge in [0.05, 0.1) is 19.8 Å². The molecule has 2 aliphatic rings. The monoisotopic (exact) mass is 445 g/mol. The van der Waals surface area contributed by atoms with Gasteiger partial charge in [0.25, 0.3) is 5.91 Å². The third-order valence-electron chi connectivity index (χ3n) is 5.46. The first kappa shape index (κ1) is 25.2. The summed E-state index contributed by atoms with van der Waals surface area (Å²) >= 11 is 0. The number of aliphatic hydroxyl groups excluding tert-OH is 9. The molecule has 2 fully saturated rings. The van der Waals surface area contributed by atoms with Crippen LogP contribution in [0.1, 0.15) is 0 Å². The molecule has 2 aliphatic heterocycles. The lowest BCUT2D eigenvalue weighted by atomic mass is 9.74. The molecule has 0 aromatic heterocycles. The lowest BCUT2D eigenvalue weighted by Crippen LogP contribution is -2.79. The second-order valence-corrected chi connectivity index (χ2v) is 7.17. The molecule has 0 bridgehead atoms. The molecule has 30 heavy (non-hydrogen) atoms. The van der Waals surface area contributed by atoms with Crippen molar-refractivity contribution in [2.45, 2.75) is 66.5 Å². The minimum Gasteiger partial charge on any atom is -0.394 e. The van der Waals surface area contributed by atoms with Crippen LogP contribution in [-0.2, 0) is 19.0 Å². The molecular formula is C15H27NO14. The van der Waals surface area contributed by atoms with Crippen LogP contribution in [-0.4, -0.2) is 143 Å². The third kappa shape index (κ3) is 3.82. The molecule has 0 radical (unpaired) electrons. The molecule has 0 aromatic carbocycles. The van der Waals surface area contributed by atoms with Crippen molar-refractivity contribution >= 4 is 5.91 Å². The standard InChI is InChI=1S/C15H27NO14/c16-13(26)14(27,2-18)15(3-19)10(24)6(21)8(23)12(30-15)29-9-4(1-17)28-11(25)7(22)5(9)20/h4-12,17-25,27H,1-3H2,(H2,16,26)/t4-,5-,6-,7-,8-,9-,10-,11-,12+,14?,15-/m1/s1. The van der Waals surface area contributed by atoms with E-state index in [0.717, 1.165) is 0 Å². The molecule has 2 saturated heterocycles. The highest BCUT2D eigenvalue weighted by atomic mass is 16.7. The second-order valence-electron chi connectivity index (χ2n) is 7.17. The van der Waals surface area contributed by atoms with E-state index in [0.29, 0.717) is 0 Å². The Morgan fingerprint density at radius 2 is 1.60 bits per heavy atom. The van der Waals surface area contributed by atoms with Gasteiger partial charge in [-0.05, 0) is 0 Å². The number of carbonyl (C=O) groups excluding carboxylic acids is 1. The number of amides is 1. The predicted octanol–water partition coefficient (Wildman–Crippen LogP) is -7.82. The van der Waals surface area contributed by atoms with E-state index >= 15 is 0 Å². The van der Waals surface area contributed by atoms with Crippen molar-refractivity contribution in [3.8, 4) is 0 Å². The zero-order valence-corrected chi connectivity index (χ0v) is 15.5. The lowest BCUT2D eigenvalue weighted by molar-refractivity contribution is -0.394. The Morgan fingerprint density at radius 3 is 2.07 bits per heavy atom. The maximum absolute atomic E-state index is 11.7. The van der Waals surface area contributed by atoms with Gasteiger partial charge in [-0.25, -0.2) is 0 Å². The van der Waals surface area contributed by atoms with Crippen LogP contribution in [0.3, 0.4) is 0 Å². The van der Waals surface area contributed by atoms with E-state index in [4.69, 9.17) is 19.9 Å². The first-order valence-corrected chi connectivity index (χ1v) is 8.83. The van der Waals surface area contributed by atoms with Crippen molar-refractivity contribution in [1.29, 1.82) is 0 Å². The number of hydrogen-bond acceptors (Lipinski definition) is 14.